The maximum Gasteiger partial charge on any atom is 0.374 e. The van der Waals surface area contributed by atoms with Gasteiger partial charge in [-0.05, 0) is 39.3 Å². The highest BCUT2D eigenvalue weighted by molar-refractivity contribution is 5.86. The van der Waals surface area contributed by atoms with Crippen molar-refractivity contribution in [2.45, 2.75) is 46.1 Å². The van der Waals surface area contributed by atoms with E-state index in [2.05, 4.69) is 6.92 Å². The third-order valence-electron chi connectivity index (χ3n) is 1.76. The van der Waals surface area contributed by atoms with Crippen molar-refractivity contribution in [1.82, 2.24) is 0 Å². The zero-order chi connectivity index (χ0) is 11.5. The standard InChI is InChI=1S/C12H18O3/c1-5-6-9-7-8-10(14-9)11(13)15-12(2,3)4/h7-8H,5-6H2,1-4H3. The number of carbonyl (C=O) groups is 1. The summed E-state index contributed by atoms with van der Waals surface area (Å²) in [5.41, 5.74) is -0.477. The van der Waals surface area contributed by atoms with Gasteiger partial charge < -0.3 is 9.15 Å². The van der Waals surface area contributed by atoms with Gasteiger partial charge in [-0.15, -0.1) is 0 Å². The number of ether oxygens (including phenoxy) is 1. The van der Waals surface area contributed by atoms with E-state index >= 15 is 0 Å². The molecule has 0 saturated carbocycles. The van der Waals surface area contributed by atoms with Crippen LogP contribution in [-0.2, 0) is 11.2 Å². The summed E-state index contributed by atoms with van der Waals surface area (Å²) in [5.74, 6) is 0.719. The van der Waals surface area contributed by atoms with Crippen molar-refractivity contribution in [3.8, 4) is 0 Å². The second-order valence-electron chi connectivity index (χ2n) is 4.52. The Hall–Kier alpha value is -1.25. The van der Waals surface area contributed by atoms with Crippen LogP contribution >= 0.6 is 0 Å². The molecule has 0 fully saturated rings. The second-order valence-corrected chi connectivity index (χ2v) is 4.52. The fourth-order valence-corrected chi connectivity index (χ4v) is 1.20. The summed E-state index contributed by atoms with van der Waals surface area (Å²) in [5, 5.41) is 0. The molecule has 1 heterocycles. The largest absolute Gasteiger partial charge is 0.454 e. The van der Waals surface area contributed by atoms with Gasteiger partial charge in [0.1, 0.15) is 11.4 Å². The first-order valence-electron chi connectivity index (χ1n) is 5.24. The minimum Gasteiger partial charge on any atom is -0.454 e. The van der Waals surface area contributed by atoms with Crippen molar-refractivity contribution in [3.05, 3.63) is 23.7 Å². The highest BCUT2D eigenvalue weighted by Crippen LogP contribution is 2.15. The minimum atomic E-state index is -0.477. The molecule has 0 atom stereocenters. The average molecular weight is 210 g/mol. The quantitative estimate of drug-likeness (QED) is 0.719. The zero-order valence-corrected chi connectivity index (χ0v) is 9.79. The van der Waals surface area contributed by atoms with Crippen molar-refractivity contribution in [1.29, 1.82) is 0 Å². The lowest BCUT2D eigenvalue weighted by atomic mass is 10.2. The molecule has 0 amide bonds. The number of furan rings is 1. The lowest BCUT2D eigenvalue weighted by Crippen LogP contribution is -2.23. The molecule has 0 aromatic carbocycles. The molecule has 0 aliphatic heterocycles. The topological polar surface area (TPSA) is 39.4 Å². The van der Waals surface area contributed by atoms with E-state index in [9.17, 15) is 4.79 Å². The van der Waals surface area contributed by atoms with Crippen LogP contribution in [-0.4, -0.2) is 11.6 Å². The van der Waals surface area contributed by atoms with E-state index in [1.165, 1.54) is 0 Å². The Labute approximate surface area is 90.4 Å². The molecular formula is C12H18O3. The molecular weight excluding hydrogens is 192 g/mol. The summed E-state index contributed by atoms with van der Waals surface area (Å²) in [7, 11) is 0. The van der Waals surface area contributed by atoms with E-state index in [4.69, 9.17) is 9.15 Å². The highest BCUT2D eigenvalue weighted by atomic mass is 16.6. The molecule has 0 aliphatic carbocycles. The van der Waals surface area contributed by atoms with Crippen LogP contribution in [0.5, 0.6) is 0 Å². The second kappa shape index (κ2) is 4.51. The predicted molar refractivity (Wildman–Crippen MR) is 57.9 cm³/mol. The predicted octanol–water partition coefficient (Wildman–Crippen LogP) is 3.19. The third-order valence-corrected chi connectivity index (χ3v) is 1.76. The molecule has 0 aliphatic rings. The number of esters is 1. The Kier molecular flexibility index (Phi) is 3.56. The van der Waals surface area contributed by atoms with Crippen molar-refractivity contribution in [2.24, 2.45) is 0 Å². The Morgan fingerprint density at radius 1 is 1.40 bits per heavy atom. The molecule has 84 valence electrons. The van der Waals surface area contributed by atoms with Crippen LogP contribution in [0.25, 0.3) is 0 Å². The molecule has 3 nitrogen and oxygen atoms in total. The van der Waals surface area contributed by atoms with Gasteiger partial charge in [-0.1, -0.05) is 6.92 Å². The smallest absolute Gasteiger partial charge is 0.374 e. The minimum absolute atomic E-state index is 0.286. The Balaban J connectivity index is 2.66. The van der Waals surface area contributed by atoms with Crippen LogP contribution in [0.2, 0.25) is 0 Å². The van der Waals surface area contributed by atoms with Gasteiger partial charge in [0.2, 0.25) is 5.76 Å². The monoisotopic (exact) mass is 210 g/mol. The van der Waals surface area contributed by atoms with Crippen molar-refractivity contribution in [2.75, 3.05) is 0 Å². The van der Waals surface area contributed by atoms with Gasteiger partial charge in [0.25, 0.3) is 0 Å². The molecule has 0 saturated heterocycles. The van der Waals surface area contributed by atoms with Crippen molar-refractivity contribution in [3.63, 3.8) is 0 Å². The Morgan fingerprint density at radius 2 is 2.07 bits per heavy atom. The van der Waals surface area contributed by atoms with Gasteiger partial charge in [-0.3, -0.25) is 0 Å². The number of hydrogen-bond donors (Lipinski definition) is 0. The molecule has 1 aromatic rings. The number of rotatable bonds is 3. The molecule has 0 radical (unpaired) electrons. The van der Waals surface area contributed by atoms with E-state index in [0.717, 1.165) is 18.6 Å². The van der Waals surface area contributed by atoms with Gasteiger partial charge >= 0.3 is 5.97 Å². The first-order valence-corrected chi connectivity index (χ1v) is 5.24. The summed E-state index contributed by atoms with van der Waals surface area (Å²) in [6.45, 7) is 7.57. The van der Waals surface area contributed by atoms with Crippen molar-refractivity contribution >= 4 is 5.97 Å². The SMILES string of the molecule is CCCc1ccc(C(=O)OC(C)(C)C)o1. The Bertz CT molecular complexity index is 331. The molecule has 3 heteroatoms. The molecule has 0 N–H and O–H groups in total. The summed E-state index contributed by atoms with van der Waals surface area (Å²) >= 11 is 0. The maximum atomic E-state index is 11.6. The van der Waals surface area contributed by atoms with Crippen molar-refractivity contribution < 1.29 is 13.9 Å². The number of aryl methyl sites for hydroxylation is 1. The Morgan fingerprint density at radius 3 is 2.60 bits per heavy atom. The van der Waals surface area contributed by atoms with Crippen LogP contribution < -0.4 is 0 Å². The molecule has 15 heavy (non-hydrogen) atoms. The molecule has 0 spiro atoms. The number of hydrogen-bond acceptors (Lipinski definition) is 3. The van der Waals surface area contributed by atoms with Crippen LogP contribution in [0.4, 0.5) is 0 Å². The van der Waals surface area contributed by atoms with E-state index in [1.54, 1.807) is 6.07 Å². The summed E-state index contributed by atoms with van der Waals surface area (Å²) in [4.78, 5) is 11.6. The third kappa shape index (κ3) is 3.78. The van der Waals surface area contributed by atoms with Gasteiger partial charge in [0.05, 0.1) is 0 Å². The first-order chi connectivity index (χ1) is 6.92. The van der Waals surface area contributed by atoms with E-state index in [1.807, 2.05) is 26.8 Å². The molecule has 0 unspecified atom stereocenters. The van der Waals surface area contributed by atoms with Crippen LogP contribution in [0.1, 0.15) is 50.4 Å². The van der Waals surface area contributed by atoms with Gasteiger partial charge in [0, 0.05) is 6.42 Å². The van der Waals surface area contributed by atoms with Gasteiger partial charge in [-0.2, -0.15) is 0 Å². The number of carbonyl (C=O) groups excluding carboxylic acids is 1. The molecule has 1 rings (SSSR count). The molecule has 0 bridgehead atoms. The summed E-state index contributed by atoms with van der Waals surface area (Å²) in [6.07, 6.45) is 1.85. The summed E-state index contributed by atoms with van der Waals surface area (Å²) < 4.78 is 10.5. The first kappa shape index (κ1) is 11.8. The lowest BCUT2D eigenvalue weighted by molar-refractivity contribution is 0.00344. The zero-order valence-electron chi connectivity index (χ0n) is 9.79. The fourth-order valence-electron chi connectivity index (χ4n) is 1.20. The van der Waals surface area contributed by atoms with E-state index < -0.39 is 11.6 Å². The van der Waals surface area contributed by atoms with E-state index in [0.29, 0.717) is 0 Å². The lowest BCUT2D eigenvalue weighted by Gasteiger charge is -2.18. The van der Waals surface area contributed by atoms with Crippen LogP contribution in [0.3, 0.4) is 0 Å². The highest BCUT2D eigenvalue weighted by Gasteiger charge is 2.20. The fraction of sp³-hybridized carbons (Fsp3) is 0.583. The van der Waals surface area contributed by atoms with E-state index in [-0.39, 0.29) is 5.76 Å². The van der Waals surface area contributed by atoms with Crippen LogP contribution in [0, 0.1) is 0 Å². The van der Waals surface area contributed by atoms with Gasteiger partial charge in [-0.25, -0.2) is 4.79 Å². The summed E-state index contributed by atoms with van der Waals surface area (Å²) in [6, 6.07) is 3.49. The van der Waals surface area contributed by atoms with Gasteiger partial charge in [0.15, 0.2) is 0 Å². The average Bonchev–Trinajstić information content (AvgIpc) is 2.50. The maximum absolute atomic E-state index is 11.6. The normalized spacial score (nSPS) is 11.5. The van der Waals surface area contributed by atoms with Crippen LogP contribution in [0.15, 0.2) is 16.5 Å². The molecule has 1 aromatic heterocycles.